The molecule has 5 unspecified atom stereocenters. The van der Waals surface area contributed by atoms with E-state index in [9.17, 15) is 19.2 Å². The van der Waals surface area contributed by atoms with Crippen molar-refractivity contribution in [2.75, 3.05) is 27.2 Å². The second kappa shape index (κ2) is 15.5. The maximum Gasteiger partial charge on any atom is 0.329 e. The van der Waals surface area contributed by atoms with Gasteiger partial charge in [-0.2, -0.15) is 0 Å². The summed E-state index contributed by atoms with van der Waals surface area (Å²) in [5, 5.41) is 3.04. The molecule has 1 aromatic rings. The number of amides is 3. The van der Waals surface area contributed by atoms with Crippen LogP contribution in [0.4, 0.5) is 0 Å². The molecule has 5 atom stereocenters. The Bertz CT molecular complexity index is 1150. The molecule has 3 rings (SSSR count). The fourth-order valence-corrected chi connectivity index (χ4v) is 6.14. The second-order valence-corrected chi connectivity index (χ2v) is 12.9. The predicted octanol–water partition coefficient (Wildman–Crippen LogP) is 4.34. The van der Waals surface area contributed by atoms with Crippen molar-refractivity contribution in [3.05, 3.63) is 47.5 Å². The van der Waals surface area contributed by atoms with Gasteiger partial charge in [0, 0.05) is 19.2 Å². The van der Waals surface area contributed by atoms with E-state index in [-0.39, 0.29) is 41.6 Å². The van der Waals surface area contributed by atoms with Crippen LogP contribution >= 0.6 is 0 Å². The highest BCUT2D eigenvalue weighted by Gasteiger charge is 2.38. The summed E-state index contributed by atoms with van der Waals surface area (Å²) >= 11 is 0. The van der Waals surface area contributed by atoms with Crippen LogP contribution in [0.15, 0.2) is 42.0 Å². The van der Waals surface area contributed by atoms with E-state index < -0.39 is 24.2 Å². The fourth-order valence-electron chi connectivity index (χ4n) is 6.14. The molecule has 43 heavy (non-hydrogen) atoms. The monoisotopic (exact) mass is 596 g/mol. The number of piperidine rings is 1. The van der Waals surface area contributed by atoms with E-state index in [0.717, 1.165) is 37.8 Å². The molecule has 2 saturated heterocycles. The van der Waals surface area contributed by atoms with Crippen LogP contribution in [0.25, 0.3) is 0 Å². The number of nitrogens with zero attached hydrogens (tertiary/aromatic N) is 3. The first-order chi connectivity index (χ1) is 20.3. The molecule has 0 bridgehead atoms. The van der Waals surface area contributed by atoms with Gasteiger partial charge in [0.2, 0.25) is 17.7 Å². The van der Waals surface area contributed by atoms with Gasteiger partial charge in [-0.1, -0.05) is 70.5 Å². The first kappa shape index (κ1) is 34.3. The number of likely N-dealkylation sites (tertiary alicyclic amines) is 2. The molecule has 2 heterocycles. The minimum absolute atomic E-state index is 0.00996. The molecule has 3 amide bonds. The molecule has 2 aliphatic heterocycles. The predicted molar refractivity (Wildman–Crippen MR) is 168 cm³/mol. The Balaban J connectivity index is 1.72. The van der Waals surface area contributed by atoms with Crippen LogP contribution in [-0.2, 0) is 23.9 Å². The smallest absolute Gasteiger partial charge is 0.329 e. The Morgan fingerprint density at radius 2 is 1.58 bits per heavy atom. The summed E-state index contributed by atoms with van der Waals surface area (Å²) in [5.74, 6) is -1.03. The highest BCUT2D eigenvalue weighted by atomic mass is 16.5. The molecule has 0 saturated carbocycles. The van der Waals surface area contributed by atoms with E-state index in [4.69, 9.17) is 4.74 Å². The summed E-state index contributed by atoms with van der Waals surface area (Å²) in [5.41, 5.74) is 1.38. The Hall–Kier alpha value is -3.20. The van der Waals surface area contributed by atoms with Gasteiger partial charge >= 0.3 is 5.97 Å². The number of likely N-dealkylation sites (N-methyl/N-ethyl adjacent to an activating group) is 2. The van der Waals surface area contributed by atoms with Gasteiger partial charge in [-0.25, -0.2) is 4.79 Å². The van der Waals surface area contributed by atoms with Crippen LogP contribution in [0.2, 0.25) is 0 Å². The number of carbonyl (C=O) groups excluding carboxylic acids is 4. The van der Waals surface area contributed by atoms with Gasteiger partial charge in [-0.15, -0.1) is 0 Å². The summed E-state index contributed by atoms with van der Waals surface area (Å²) in [6, 6.07) is 7.61. The first-order valence-electron chi connectivity index (χ1n) is 15.9. The van der Waals surface area contributed by atoms with E-state index in [1.54, 1.807) is 23.8 Å². The highest BCUT2D eigenvalue weighted by Crippen LogP contribution is 2.26. The maximum atomic E-state index is 13.8. The van der Waals surface area contributed by atoms with E-state index >= 15 is 0 Å². The Morgan fingerprint density at radius 1 is 0.930 bits per heavy atom. The van der Waals surface area contributed by atoms with E-state index in [1.807, 2.05) is 78.1 Å². The minimum Gasteiger partial charge on any atom is -0.456 e. The summed E-state index contributed by atoms with van der Waals surface area (Å²) in [4.78, 5) is 59.1. The molecule has 238 valence electrons. The van der Waals surface area contributed by atoms with Crippen LogP contribution in [-0.4, -0.2) is 89.7 Å². The molecule has 9 heteroatoms. The van der Waals surface area contributed by atoms with E-state index in [0.29, 0.717) is 18.5 Å². The number of carbonyl (C=O) groups is 4. The lowest BCUT2D eigenvalue weighted by Crippen LogP contribution is -2.57. The van der Waals surface area contributed by atoms with Crippen molar-refractivity contribution in [1.29, 1.82) is 0 Å². The summed E-state index contributed by atoms with van der Waals surface area (Å²) in [6.07, 6.45) is 5.53. The molecular formula is C34H52N4O5. The molecule has 1 N–H and O–H groups in total. The van der Waals surface area contributed by atoms with Crippen LogP contribution in [0.5, 0.6) is 0 Å². The topological polar surface area (TPSA) is 99.3 Å². The van der Waals surface area contributed by atoms with Gasteiger partial charge < -0.3 is 19.9 Å². The zero-order valence-corrected chi connectivity index (χ0v) is 27.3. The quantitative estimate of drug-likeness (QED) is 0.302. The SMILES string of the molecule is C/C(=C\C(C(C)C)N(C)C(=O)C(NC(=O)C1CCCCN1C)C(C)C)C(=O)N1CCCC1C(=O)OC(C)c1ccccc1. The van der Waals surface area contributed by atoms with Crippen LogP contribution in [0.3, 0.4) is 0 Å². The van der Waals surface area contributed by atoms with Gasteiger partial charge in [0.15, 0.2) is 0 Å². The Kier molecular flexibility index (Phi) is 12.4. The molecular weight excluding hydrogens is 544 g/mol. The molecule has 0 spiro atoms. The largest absolute Gasteiger partial charge is 0.456 e. The zero-order chi connectivity index (χ0) is 31.8. The van der Waals surface area contributed by atoms with Gasteiger partial charge in [-0.05, 0) is 70.5 Å². The van der Waals surface area contributed by atoms with E-state index in [2.05, 4.69) is 10.2 Å². The number of nitrogens with one attached hydrogen (secondary N) is 1. The minimum atomic E-state index is -0.678. The van der Waals surface area contributed by atoms with Crippen LogP contribution in [0, 0.1) is 11.8 Å². The van der Waals surface area contributed by atoms with Crippen LogP contribution in [0.1, 0.15) is 85.3 Å². The summed E-state index contributed by atoms with van der Waals surface area (Å²) in [7, 11) is 3.69. The van der Waals surface area contributed by atoms with E-state index in [1.165, 1.54) is 0 Å². The second-order valence-electron chi connectivity index (χ2n) is 12.9. The third-order valence-electron chi connectivity index (χ3n) is 8.89. The average molecular weight is 597 g/mol. The molecule has 0 aliphatic carbocycles. The first-order valence-corrected chi connectivity index (χ1v) is 15.9. The third kappa shape index (κ3) is 8.68. The molecule has 2 aliphatic rings. The molecule has 0 aromatic heterocycles. The summed E-state index contributed by atoms with van der Waals surface area (Å²) in [6.45, 7) is 12.8. The molecule has 2 fully saturated rings. The average Bonchev–Trinajstić information content (AvgIpc) is 3.48. The number of hydrogen-bond acceptors (Lipinski definition) is 6. The number of ether oxygens (including phenoxy) is 1. The van der Waals surface area contributed by atoms with Gasteiger partial charge in [0.25, 0.3) is 0 Å². The number of esters is 1. The van der Waals surface area contributed by atoms with Crippen molar-refractivity contribution >= 4 is 23.7 Å². The van der Waals surface area contributed by atoms with Crippen molar-refractivity contribution < 1.29 is 23.9 Å². The highest BCUT2D eigenvalue weighted by molar-refractivity contribution is 5.96. The van der Waals surface area contributed by atoms with Crippen molar-refractivity contribution in [2.45, 2.75) is 104 Å². The lowest BCUT2D eigenvalue weighted by atomic mass is 9.96. The molecule has 0 radical (unpaired) electrons. The standard InChI is InChI=1S/C34H52N4O5/c1-22(2)29(37(8)33(41)30(23(3)4)35-31(39)27-17-12-13-19-36(27)7)21-24(5)32(40)38-20-14-18-28(38)34(42)43-25(6)26-15-10-9-11-16-26/h9-11,15-16,21-23,25,27-30H,12-14,17-20H2,1-8H3,(H,35,39)/b24-21+. The summed E-state index contributed by atoms with van der Waals surface area (Å²) < 4.78 is 5.76. The zero-order valence-electron chi connectivity index (χ0n) is 27.3. The van der Waals surface area contributed by atoms with Crippen molar-refractivity contribution in [2.24, 2.45) is 11.8 Å². The fraction of sp³-hybridized carbons (Fsp3) is 0.647. The van der Waals surface area contributed by atoms with Crippen molar-refractivity contribution in [1.82, 2.24) is 20.0 Å². The number of hydrogen-bond donors (Lipinski definition) is 1. The molecule has 9 nitrogen and oxygen atoms in total. The normalized spacial score (nSPS) is 21.8. The Labute approximate surface area is 258 Å². The van der Waals surface area contributed by atoms with Gasteiger partial charge in [-0.3, -0.25) is 19.3 Å². The maximum absolute atomic E-state index is 13.8. The lowest BCUT2D eigenvalue weighted by molar-refractivity contribution is -0.156. The van der Waals surface area contributed by atoms with Crippen LogP contribution < -0.4 is 5.32 Å². The van der Waals surface area contributed by atoms with Crippen molar-refractivity contribution in [3.8, 4) is 0 Å². The molecule has 1 aromatic carbocycles. The lowest BCUT2D eigenvalue weighted by Gasteiger charge is -2.36. The van der Waals surface area contributed by atoms with Gasteiger partial charge in [0.1, 0.15) is 18.2 Å². The van der Waals surface area contributed by atoms with Gasteiger partial charge in [0.05, 0.1) is 12.1 Å². The number of rotatable bonds is 11. The van der Waals surface area contributed by atoms with Crippen molar-refractivity contribution in [3.63, 3.8) is 0 Å². The Morgan fingerprint density at radius 3 is 2.19 bits per heavy atom. The third-order valence-corrected chi connectivity index (χ3v) is 8.89. The number of benzene rings is 1.